The van der Waals surface area contributed by atoms with Crippen LogP contribution in [0.4, 0.5) is 5.00 Å². The average molecular weight is 589 g/mol. The molecule has 1 aromatic heterocycles. The Morgan fingerprint density at radius 2 is 1.83 bits per heavy atom. The minimum atomic E-state index is -3.67. The van der Waals surface area contributed by atoms with Gasteiger partial charge in [-0.3, -0.25) is 9.69 Å². The lowest BCUT2D eigenvalue weighted by Crippen LogP contribution is -2.37. The first-order valence-electron chi connectivity index (χ1n) is 14.2. The Bertz CT molecular complexity index is 1620. The van der Waals surface area contributed by atoms with E-state index in [0.29, 0.717) is 22.7 Å². The summed E-state index contributed by atoms with van der Waals surface area (Å²) in [6.45, 7) is 9.61. The van der Waals surface area contributed by atoms with Crippen molar-refractivity contribution in [3.05, 3.63) is 81.7 Å². The molecule has 9 heteroatoms. The normalized spacial score (nSPS) is 24.0. The van der Waals surface area contributed by atoms with Crippen LogP contribution in [-0.2, 0) is 29.5 Å². The van der Waals surface area contributed by atoms with Crippen LogP contribution in [-0.4, -0.2) is 42.7 Å². The second-order valence-electron chi connectivity index (χ2n) is 13.0. The lowest BCUT2D eigenvalue weighted by atomic mass is 9.65. The molecule has 3 heterocycles. The Morgan fingerprint density at radius 1 is 1.10 bits per heavy atom. The number of carbonyl (C=O) groups is 1. The van der Waals surface area contributed by atoms with Crippen molar-refractivity contribution in [1.29, 1.82) is 5.26 Å². The minimum Gasteiger partial charge on any atom is -0.312 e. The van der Waals surface area contributed by atoms with Gasteiger partial charge in [0, 0.05) is 42.7 Å². The smallest absolute Gasteiger partial charge is 0.256 e. The van der Waals surface area contributed by atoms with Crippen molar-refractivity contribution >= 4 is 32.3 Å². The third-order valence-corrected chi connectivity index (χ3v) is 11.9. The van der Waals surface area contributed by atoms with Crippen molar-refractivity contribution in [1.82, 2.24) is 9.21 Å². The summed E-state index contributed by atoms with van der Waals surface area (Å²) in [6.07, 6.45) is 3.53. The topological polar surface area (TPSA) is 93.5 Å². The van der Waals surface area contributed by atoms with E-state index in [1.54, 1.807) is 16.4 Å². The van der Waals surface area contributed by atoms with E-state index in [2.05, 4.69) is 49.2 Å². The van der Waals surface area contributed by atoms with E-state index in [0.717, 1.165) is 55.8 Å². The molecule has 6 rings (SSSR count). The number of nitriles is 1. The zero-order valence-corrected chi connectivity index (χ0v) is 25.4. The highest BCUT2D eigenvalue weighted by atomic mass is 32.2. The molecule has 2 aliphatic heterocycles. The number of carbonyl (C=O) groups excluding carboxylic acids is 1. The quantitative estimate of drug-likeness (QED) is 0.380. The van der Waals surface area contributed by atoms with Crippen LogP contribution in [0.3, 0.4) is 0 Å². The summed E-state index contributed by atoms with van der Waals surface area (Å²) in [4.78, 5) is 16.9. The van der Waals surface area contributed by atoms with Crippen molar-refractivity contribution in [2.75, 3.05) is 18.4 Å². The molecular formula is C32H36N4O3S2. The second-order valence-corrected chi connectivity index (χ2v) is 16.0. The lowest BCUT2D eigenvalue weighted by molar-refractivity contribution is 0.102. The molecule has 7 nitrogen and oxygen atoms in total. The van der Waals surface area contributed by atoms with Gasteiger partial charge in [-0.05, 0) is 71.9 Å². The van der Waals surface area contributed by atoms with E-state index in [1.165, 1.54) is 29.0 Å². The number of anilines is 1. The molecule has 1 saturated heterocycles. The van der Waals surface area contributed by atoms with Crippen molar-refractivity contribution in [2.24, 2.45) is 10.8 Å². The summed E-state index contributed by atoms with van der Waals surface area (Å²) in [7, 11) is -3.67. The molecule has 2 aromatic carbocycles. The van der Waals surface area contributed by atoms with Crippen LogP contribution in [0.1, 0.15) is 72.0 Å². The van der Waals surface area contributed by atoms with E-state index in [9.17, 15) is 18.5 Å². The Kier molecular flexibility index (Phi) is 7.10. The van der Waals surface area contributed by atoms with Gasteiger partial charge in [0.05, 0.1) is 10.5 Å². The number of benzene rings is 2. The van der Waals surface area contributed by atoms with Gasteiger partial charge >= 0.3 is 0 Å². The maximum Gasteiger partial charge on any atom is 0.256 e. The van der Waals surface area contributed by atoms with Gasteiger partial charge in [-0.1, -0.05) is 51.1 Å². The number of nitrogens with zero attached hydrogens (tertiary/aromatic N) is 3. The molecule has 2 bridgehead atoms. The summed E-state index contributed by atoms with van der Waals surface area (Å²) >= 11 is 1.46. The van der Waals surface area contributed by atoms with Crippen LogP contribution in [0.5, 0.6) is 0 Å². The summed E-state index contributed by atoms with van der Waals surface area (Å²) < 4.78 is 28.9. The fourth-order valence-electron chi connectivity index (χ4n) is 7.42. The number of hydrogen-bond acceptors (Lipinski definition) is 6. The molecule has 0 spiro atoms. The van der Waals surface area contributed by atoms with E-state index in [-0.39, 0.29) is 27.7 Å². The zero-order chi connectivity index (χ0) is 29.0. The highest BCUT2D eigenvalue weighted by Crippen LogP contribution is 2.53. The van der Waals surface area contributed by atoms with Crippen molar-refractivity contribution in [3.63, 3.8) is 0 Å². The molecule has 2 fully saturated rings. The van der Waals surface area contributed by atoms with E-state index in [4.69, 9.17) is 0 Å². The minimum absolute atomic E-state index is 0.00376. The lowest BCUT2D eigenvalue weighted by Gasteiger charge is -2.39. The van der Waals surface area contributed by atoms with Crippen LogP contribution in [0.25, 0.3) is 0 Å². The number of amides is 1. The van der Waals surface area contributed by atoms with Crippen molar-refractivity contribution in [3.8, 4) is 6.07 Å². The van der Waals surface area contributed by atoms with Crippen LogP contribution >= 0.6 is 11.3 Å². The molecule has 1 N–H and O–H groups in total. The Balaban J connectivity index is 1.16. The highest BCUT2D eigenvalue weighted by Gasteiger charge is 2.53. The molecule has 2 unspecified atom stereocenters. The molecule has 0 radical (unpaired) electrons. The van der Waals surface area contributed by atoms with Gasteiger partial charge < -0.3 is 5.32 Å². The van der Waals surface area contributed by atoms with Crippen LogP contribution in [0.15, 0.2) is 59.5 Å². The molecule has 1 aliphatic carbocycles. The summed E-state index contributed by atoms with van der Waals surface area (Å²) in [6, 6.07) is 18.8. The summed E-state index contributed by atoms with van der Waals surface area (Å²) in [5.74, 6) is -0.350. The first kappa shape index (κ1) is 28.1. The van der Waals surface area contributed by atoms with Gasteiger partial charge in [0.15, 0.2) is 0 Å². The molecule has 3 aromatic rings. The van der Waals surface area contributed by atoms with E-state index >= 15 is 0 Å². The fourth-order valence-corrected chi connectivity index (χ4v) is 10.4. The Labute approximate surface area is 246 Å². The van der Waals surface area contributed by atoms with Crippen molar-refractivity contribution in [2.45, 2.75) is 70.5 Å². The predicted octanol–water partition coefficient (Wildman–Crippen LogP) is 6.02. The third-order valence-electron chi connectivity index (χ3n) is 8.81. The molecule has 2 atom stereocenters. The van der Waals surface area contributed by atoms with Crippen LogP contribution in [0.2, 0.25) is 0 Å². The van der Waals surface area contributed by atoms with E-state index < -0.39 is 10.0 Å². The number of thiophene rings is 1. The highest BCUT2D eigenvalue weighted by molar-refractivity contribution is 7.89. The maximum atomic E-state index is 13.6. The maximum absolute atomic E-state index is 13.6. The molecule has 41 heavy (non-hydrogen) atoms. The number of nitrogens with one attached hydrogen (secondary N) is 1. The van der Waals surface area contributed by atoms with Gasteiger partial charge in [-0.25, -0.2) is 8.42 Å². The number of sulfonamides is 1. The summed E-state index contributed by atoms with van der Waals surface area (Å²) in [5.41, 5.74) is 3.28. The molecule has 214 valence electrons. The molecule has 1 saturated carbocycles. The largest absolute Gasteiger partial charge is 0.312 e. The Hall–Kier alpha value is -3.03. The first-order valence-corrected chi connectivity index (χ1v) is 16.5. The third kappa shape index (κ3) is 5.46. The summed E-state index contributed by atoms with van der Waals surface area (Å²) in [5, 5.41) is 13.4. The van der Waals surface area contributed by atoms with Gasteiger partial charge in [0.25, 0.3) is 5.91 Å². The number of hydrogen-bond donors (Lipinski definition) is 1. The Morgan fingerprint density at radius 3 is 2.54 bits per heavy atom. The van der Waals surface area contributed by atoms with Gasteiger partial charge in [-0.15, -0.1) is 11.3 Å². The molecule has 3 aliphatic rings. The standard InChI is InChI=1S/C32H36N4O3S2/c1-31(2)15-24-16-32(3,20-31)21-36(24)41(38,39)25-11-9-23(10-12-25)29(37)34-30-27(17-33)26-13-14-35(19-28(26)40-30)18-22-7-5-4-6-8-22/h4-12,24H,13-16,18-21H2,1-3H3,(H,34,37). The number of rotatable bonds is 6. The van der Waals surface area contributed by atoms with Crippen molar-refractivity contribution < 1.29 is 13.2 Å². The average Bonchev–Trinajstić information content (AvgIpc) is 3.40. The monoisotopic (exact) mass is 588 g/mol. The zero-order valence-electron chi connectivity index (χ0n) is 23.8. The second kappa shape index (κ2) is 10.4. The molecular weight excluding hydrogens is 553 g/mol. The molecule has 1 amide bonds. The van der Waals surface area contributed by atoms with Crippen LogP contribution < -0.4 is 5.32 Å². The van der Waals surface area contributed by atoms with Crippen LogP contribution in [0, 0.1) is 22.2 Å². The fraction of sp³-hybridized carbons (Fsp3) is 0.438. The first-order chi connectivity index (χ1) is 19.5. The van der Waals surface area contributed by atoms with Gasteiger partial charge in [0.1, 0.15) is 11.1 Å². The van der Waals surface area contributed by atoms with E-state index in [1.807, 2.05) is 18.2 Å². The van der Waals surface area contributed by atoms with Gasteiger partial charge in [-0.2, -0.15) is 9.57 Å². The number of fused-ring (bicyclic) bond motifs is 3. The van der Waals surface area contributed by atoms with Gasteiger partial charge in [0.2, 0.25) is 10.0 Å². The SMILES string of the molecule is CC1(C)CC2CC(C)(CN2S(=O)(=O)c2ccc(C(=O)Nc3sc4c(c3C#N)CCN(Cc3ccccc3)C4)cc2)C1. The predicted molar refractivity (Wildman–Crippen MR) is 161 cm³/mol.